The maximum atomic E-state index is 11.9. The van der Waals surface area contributed by atoms with Crippen molar-refractivity contribution in [2.75, 3.05) is 0 Å². The van der Waals surface area contributed by atoms with E-state index in [1.165, 1.54) is 50.5 Å². The second kappa shape index (κ2) is 8.34. The Hall–Kier alpha value is -1.32. The minimum absolute atomic E-state index is 0.00750. The van der Waals surface area contributed by atoms with Crippen LogP contribution in [0.1, 0.15) is 113 Å². The standard InChI is InChI=1S/C32H51NO3/c1-20(2)22-11-16-32(19-33-35)18-17-30(7)23(27(22)32)9-10-25-29(6)14-13-26(36-21(3)34)28(4,5)24(29)12-15-31(25,30)8/h19,22-27,35H,1,9-18H2,2-8H3/b33-19+/t22-,23+,24-,25-,26-,27+,29-,30+,31+,32-/m0/s1. The van der Waals surface area contributed by atoms with Gasteiger partial charge in [-0.3, -0.25) is 4.79 Å². The molecule has 0 aromatic heterocycles. The summed E-state index contributed by atoms with van der Waals surface area (Å²) in [5.74, 6) is 2.89. The third kappa shape index (κ3) is 3.30. The number of rotatable bonds is 3. The summed E-state index contributed by atoms with van der Waals surface area (Å²) in [6.45, 7) is 20.9. The van der Waals surface area contributed by atoms with Gasteiger partial charge in [-0.2, -0.15) is 0 Å². The number of oxime groups is 1. The van der Waals surface area contributed by atoms with Crippen molar-refractivity contribution in [3.63, 3.8) is 0 Å². The maximum Gasteiger partial charge on any atom is 0.302 e. The Morgan fingerprint density at radius 2 is 1.61 bits per heavy atom. The van der Waals surface area contributed by atoms with E-state index in [1.54, 1.807) is 6.92 Å². The van der Waals surface area contributed by atoms with Crippen molar-refractivity contribution < 1.29 is 14.7 Å². The first kappa shape index (κ1) is 26.3. The second-order valence-corrected chi connectivity index (χ2v) is 15.1. The summed E-state index contributed by atoms with van der Waals surface area (Å²) in [5.41, 5.74) is 2.24. The molecule has 10 atom stereocenters. The van der Waals surface area contributed by atoms with E-state index in [0.29, 0.717) is 35.0 Å². The highest BCUT2D eigenvalue weighted by Crippen LogP contribution is 2.77. The Morgan fingerprint density at radius 1 is 0.889 bits per heavy atom. The monoisotopic (exact) mass is 497 g/mol. The van der Waals surface area contributed by atoms with Gasteiger partial charge in [-0.05, 0) is 117 Å². The van der Waals surface area contributed by atoms with Crippen LogP contribution in [0.4, 0.5) is 0 Å². The molecule has 1 N–H and O–H groups in total. The number of carbonyl (C=O) groups is 1. The molecule has 0 saturated heterocycles. The maximum absolute atomic E-state index is 11.9. The van der Waals surface area contributed by atoms with Gasteiger partial charge in [0, 0.05) is 17.8 Å². The van der Waals surface area contributed by atoms with E-state index in [0.717, 1.165) is 19.3 Å². The average Bonchev–Trinajstić information content (AvgIpc) is 3.16. The number of carbonyl (C=O) groups excluding carboxylic acids is 1. The lowest BCUT2D eigenvalue weighted by Crippen LogP contribution is -2.66. The molecule has 0 aromatic carbocycles. The van der Waals surface area contributed by atoms with E-state index in [9.17, 15) is 10.0 Å². The van der Waals surface area contributed by atoms with Crippen molar-refractivity contribution in [3.8, 4) is 0 Å². The summed E-state index contributed by atoms with van der Waals surface area (Å²) < 4.78 is 5.90. The number of hydrogen-bond donors (Lipinski definition) is 1. The van der Waals surface area contributed by atoms with Gasteiger partial charge in [0.1, 0.15) is 6.10 Å². The van der Waals surface area contributed by atoms with E-state index in [-0.39, 0.29) is 33.7 Å². The summed E-state index contributed by atoms with van der Waals surface area (Å²) in [6.07, 6.45) is 13.9. The van der Waals surface area contributed by atoms with Gasteiger partial charge >= 0.3 is 5.97 Å². The molecule has 0 unspecified atom stereocenters. The molecule has 0 radical (unpaired) electrons. The molecular formula is C32H51NO3. The average molecular weight is 498 g/mol. The Morgan fingerprint density at radius 3 is 2.25 bits per heavy atom. The molecule has 4 heteroatoms. The quantitative estimate of drug-likeness (QED) is 0.141. The first-order chi connectivity index (χ1) is 16.8. The van der Waals surface area contributed by atoms with Crippen molar-refractivity contribution in [1.29, 1.82) is 0 Å². The molecule has 5 saturated carbocycles. The predicted octanol–water partition coefficient (Wildman–Crippen LogP) is 8.04. The van der Waals surface area contributed by atoms with E-state index >= 15 is 0 Å². The van der Waals surface area contributed by atoms with Crippen molar-refractivity contribution in [3.05, 3.63) is 12.2 Å². The zero-order chi connectivity index (χ0) is 26.3. The van der Waals surface area contributed by atoms with E-state index in [1.807, 2.05) is 6.21 Å². The fourth-order valence-corrected chi connectivity index (χ4v) is 11.9. The van der Waals surface area contributed by atoms with Crippen LogP contribution in [-0.2, 0) is 9.53 Å². The van der Waals surface area contributed by atoms with Crippen molar-refractivity contribution in [2.24, 2.45) is 61.8 Å². The third-order valence-corrected chi connectivity index (χ3v) is 13.7. The summed E-state index contributed by atoms with van der Waals surface area (Å²) in [7, 11) is 0. The molecule has 5 aliphatic rings. The Kier molecular flexibility index (Phi) is 6.09. The zero-order valence-corrected chi connectivity index (χ0v) is 24.0. The highest BCUT2D eigenvalue weighted by molar-refractivity contribution is 5.67. The largest absolute Gasteiger partial charge is 0.462 e. The Bertz CT molecular complexity index is 955. The van der Waals surface area contributed by atoms with E-state index < -0.39 is 0 Å². The fraction of sp³-hybridized carbons (Fsp3) is 0.875. The molecule has 4 nitrogen and oxygen atoms in total. The normalized spacial score (nSPS) is 51.5. The summed E-state index contributed by atoms with van der Waals surface area (Å²) in [5, 5.41) is 13.4. The van der Waals surface area contributed by atoms with Crippen molar-refractivity contribution >= 4 is 12.2 Å². The van der Waals surface area contributed by atoms with Gasteiger partial charge in [-0.15, -0.1) is 5.16 Å². The van der Waals surface area contributed by atoms with Gasteiger partial charge in [-0.25, -0.2) is 0 Å². The molecule has 0 bridgehead atoms. The molecule has 0 amide bonds. The predicted molar refractivity (Wildman–Crippen MR) is 145 cm³/mol. The number of hydrogen-bond acceptors (Lipinski definition) is 4. The minimum Gasteiger partial charge on any atom is -0.462 e. The number of ether oxygens (including phenoxy) is 1. The first-order valence-electron chi connectivity index (χ1n) is 14.8. The Balaban J connectivity index is 1.52. The van der Waals surface area contributed by atoms with Crippen LogP contribution in [0.2, 0.25) is 0 Å². The highest BCUT2D eigenvalue weighted by atomic mass is 16.5. The summed E-state index contributed by atoms with van der Waals surface area (Å²) in [4.78, 5) is 11.9. The minimum atomic E-state index is -0.133. The van der Waals surface area contributed by atoms with Crippen LogP contribution in [0.15, 0.2) is 17.3 Å². The molecule has 0 heterocycles. The van der Waals surface area contributed by atoms with Crippen LogP contribution in [0, 0.1) is 56.7 Å². The fourth-order valence-electron chi connectivity index (χ4n) is 11.9. The Labute approximate surface area is 219 Å². The van der Waals surface area contributed by atoms with Gasteiger partial charge in [0.05, 0.1) is 6.21 Å². The van der Waals surface area contributed by atoms with Gasteiger partial charge < -0.3 is 9.94 Å². The molecule has 5 aliphatic carbocycles. The highest BCUT2D eigenvalue weighted by Gasteiger charge is 2.71. The van der Waals surface area contributed by atoms with Gasteiger partial charge in [-0.1, -0.05) is 46.8 Å². The SMILES string of the molecule is C=C(C)[C@@H]1CC[C@@]2(/C=N/O)CC[C@]3(C)[C@H](CC[C@H]4[C@@]5(C)CC[C@H](OC(C)=O)C(C)(C)[C@@H]5CC[C@]43C)[C@@H]12. The number of esters is 1. The van der Waals surface area contributed by atoms with Gasteiger partial charge in [0.15, 0.2) is 0 Å². The number of allylic oxidation sites excluding steroid dienone is 1. The third-order valence-electron chi connectivity index (χ3n) is 13.7. The van der Waals surface area contributed by atoms with E-state index in [2.05, 4.69) is 53.3 Å². The lowest BCUT2D eigenvalue weighted by atomic mass is 9.32. The first-order valence-corrected chi connectivity index (χ1v) is 14.8. The molecule has 202 valence electrons. The molecule has 0 spiro atoms. The topological polar surface area (TPSA) is 58.9 Å². The summed E-state index contributed by atoms with van der Waals surface area (Å²) in [6, 6.07) is 0. The van der Waals surface area contributed by atoms with Crippen molar-refractivity contribution in [2.45, 2.75) is 119 Å². The smallest absolute Gasteiger partial charge is 0.302 e. The molecule has 0 aliphatic heterocycles. The molecule has 0 aromatic rings. The van der Waals surface area contributed by atoms with E-state index in [4.69, 9.17) is 4.74 Å². The number of fused-ring (bicyclic) bond motifs is 7. The molecular weight excluding hydrogens is 446 g/mol. The van der Waals surface area contributed by atoms with Crippen LogP contribution < -0.4 is 0 Å². The van der Waals surface area contributed by atoms with Gasteiger partial charge in [0.25, 0.3) is 0 Å². The van der Waals surface area contributed by atoms with Crippen LogP contribution >= 0.6 is 0 Å². The van der Waals surface area contributed by atoms with Crippen LogP contribution in [0.25, 0.3) is 0 Å². The van der Waals surface area contributed by atoms with Gasteiger partial charge in [0.2, 0.25) is 0 Å². The zero-order valence-electron chi connectivity index (χ0n) is 24.0. The lowest BCUT2D eigenvalue weighted by molar-refractivity contribution is -0.246. The molecule has 36 heavy (non-hydrogen) atoms. The molecule has 5 fully saturated rings. The van der Waals surface area contributed by atoms with Crippen LogP contribution in [0.5, 0.6) is 0 Å². The number of nitrogens with zero attached hydrogens (tertiary/aromatic N) is 1. The van der Waals surface area contributed by atoms with Crippen molar-refractivity contribution in [1.82, 2.24) is 0 Å². The lowest BCUT2D eigenvalue weighted by Gasteiger charge is -2.72. The summed E-state index contributed by atoms with van der Waals surface area (Å²) >= 11 is 0. The second-order valence-electron chi connectivity index (χ2n) is 15.1. The molecule has 5 rings (SSSR count). The van der Waals surface area contributed by atoms with Crippen LogP contribution in [0.3, 0.4) is 0 Å². The van der Waals surface area contributed by atoms with Crippen LogP contribution in [-0.4, -0.2) is 23.5 Å².